The first-order valence-electron chi connectivity index (χ1n) is 22.1. The summed E-state index contributed by atoms with van der Waals surface area (Å²) in [4.78, 5) is 57.5. The third-order valence-electron chi connectivity index (χ3n) is 12.5. The van der Waals surface area contributed by atoms with Crippen molar-refractivity contribution in [2.75, 3.05) is 52.7 Å². The van der Waals surface area contributed by atoms with Crippen LogP contribution in [0.25, 0.3) is 0 Å². The van der Waals surface area contributed by atoms with Gasteiger partial charge in [-0.2, -0.15) is 10.2 Å². The number of oxazole rings is 2. The van der Waals surface area contributed by atoms with Gasteiger partial charge >= 0.3 is 11.9 Å². The molecule has 0 atom stereocenters. The first-order valence-corrected chi connectivity index (χ1v) is 22.1. The van der Waals surface area contributed by atoms with Crippen LogP contribution in [0.3, 0.4) is 0 Å². The molecule has 18 heteroatoms. The molecule has 0 unspecified atom stereocenters. The van der Waals surface area contributed by atoms with Crippen LogP contribution in [0.2, 0.25) is 0 Å². The van der Waals surface area contributed by atoms with E-state index in [2.05, 4.69) is 20.6 Å². The summed E-state index contributed by atoms with van der Waals surface area (Å²) >= 11 is 0. The first kappa shape index (κ1) is 44.7. The standard InChI is InChI=1S/2C22H30N4O5/c1-3-26-19-16(12-22(14-23-20(19)27)7-10-29-11-8-22)17(25-26)6-4-5-9-30-21(28)18-13-31-15(2)24-18;1-3-26-19-16(12-22(14-24-20(19)27)7-10-29-11-8-22)17(25-26)6-4-5-9-30-21(28)18-13-23-15(2)31-18/h13H,3-12,14H2,1-2H3,(H,23,27);13H,3-12,14H2,1-2H3,(H,24,27). The highest BCUT2D eigenvalue weighted by Crippen LogP contribution is 2.39. The van der Waals surface area contributed by atoms with Crippen LogP contribution in [-0.4, -0.2) is 106 Å². The molecule has 18 nitrogen and oxygen atoms in total. The summed E-state index contributed by atoms with van der Waals surface area (Å²) in [5, 5.41) is 15.8. The van der Waals surface area contributed by atoms with E-state index in [1.165, 1.54) is 12.5 Å². The number of esters is 2. The third kappa shape index (κ3) is 10.5. The maximum Gasteiger partial charge on any atom is 0.375 e. The highest BCUT2D eigenvalue weighted by atomic mass is 16.5. The Kier molecular flexibility index (Phi) is 14.6. The van der Waals surface area contributed by atoms with Crippen LogP contribution in [0.15, 0.2) is 21.3 Å². The lowest BCUT2D eigenvalue weighted by Crippen LogP contribution is -2.40. The number of nitrogens with one attached hydrogen (secondary N) is 2. The van der Waals surface area contributed by atoms with Crippen molar-refractivity contribution in [3.05, 3.63) is 69.6 Å². The fraction of sp³-hybridized carbons (Fsp3) is 0.636. The first-order chi connectivity index (χ1) is 30.0. The number of rotatable bonds is 14. The molecule has 0 aromatic carbocycles. The molecule has 4 aromatic rings. The number of amides is 2. The van der Waals surface area contributed by atoms with Crippen molar-refractivity contribution in [2.24, 2.45) is 10.8 Å². The Bertz CT molecular complexity index is 2040. The van der Waals surface area contributed by atoms with Crippen LogP contribution in [0.5, 0.6) is 0 Å². The van der Waals surface area contributed by atoms with E-state index in [1.54, 1.807) is 13.8 Å². The molecule has 62 heavy (non-hydrogen) atoms. The summed E-state index contributed by atoms with van der Waals surface area (Å²) in [7, 11) is 0. The second-order valence-electron chi connectivity index (χ2n) is 16.8. The second-order valence-corrected chi connectivity index (χ2v) is 16.8. The van der Waals surface area contributed by atoms with Crippen molar-refractivity contribution >= 4 is 23.8 Å². The lowest BCUT2D eigenvalue weighted by molar-refractivity contribution is 0.0159. The number of nitrogens with zero attached hydrogens (tertiary/aromatic N) is 6. The molecule has 2 spiro atoms. The molecule has 2 N–H and O–H groups in total. The lowest BCUT2D eigenvalue weighted by Gasteiger charge is -2.36. The van der Waals surface area contributed by atoms with Crippen molar-refractivity contribution in [1.82, 2.24) is 40.2 Å². The quantitative estimate of drug-likeness (QED) is 0.127. The predicted octanol–water partition coefficient (Wildman–Crippen LogP) is 4.92. The maximum atomic E-state index is 12.8. The average molecular weight is 861 g/mol. The molecule has 0 aliphatic carbocycles. The van der Waals surface area contributed by atoms with Crippen LogP contribution in [0.1, 0.15) is 142 Å². The molecule has 0 saturated carbocycles. The average Bonchev–Trinajstić information content (AvgIpc) is 4.05. The zero-order valence-corrected chi connectivity index (χ0v) is 36.5. The number of ether oxygens (including phenoxy) is 4. The van der Waals surface area contributed by atoms with Gasteiger partial charge in [-0.05, 0) is 102 Å². The number of fused-ring (bicyclic) bond motifs is 2. The molecule has 2 saturated heterocycles. The number of carbonyl (C=O) groups excluding carboxylic acids is 4. The van der Waals surface area contributed by atoms with Crippen molar-refractivity contribution in [1.29, 1.82) is 0 Å². The summed E-state index contributed by atoms with van der Waals surface area (Å²) in [6.07, 6.45) is 12.7. The number of aromatic nitrogens is 6. The highest BCUT2D eigenvalue weighted by molar-refractivity contribution is 5.95. The Morgan fingerprint density at radius 2 is 1.23 bits per heavy atom. The number of unbranched alkanes of at least 4 members (excludes halogenated alkanes) is 2. The van der Waals surface area contributed by atoms with Crippen LogP contribution in [-0.2, 0) is 57.7 Å². The van der Waals surface area contributed by atoms with Gasteiger partial charge in [0.1, 0.15) is 17.7 Å². The van der Waals surface area contributed by atoms with E-state index in [9.17, 15) is 19.2 Å². The summed E-state index contributed by atoms with van der Waals surface area (Å²) in [6.45, 7) is 13.6. The molecule has 4 aliphatic rings. The lowest BCUT2D eigenvalue weighted by atomic mass is 9.75. The number of hydrogen-bond acceptors (Lipinski definition) is 14. The van der Waals surface area contributed by atoms with Gasteiger partial charge in [0.15, 0.2) is 17.5 Å². The Hall–Kier alpha value is -5.36. The minimum Gasteiger partial charge on any atom is -0.461 e. The Labute approximate surface area is 361 Å². The van der Waals surface area contributed by atoms with Crippen molar-refractivity contribution < 1.29 is 47.0 Å². The molecule has 2 fully saturated rings. The Balaban J connectivity index is 0.000000186. The molecule has 2 amide bonds. The number of hydrogen-bond donors (Lipinski definition) is 2. The van der Waals surface area contributed by atoms with Crippen molar-refractivity contribution in [3.8, 4) is 0 Å². The van der Waals surface area contributed by atoms with Gasteiger partial charge in [-0.25, -0.2) is 19.6 Å². The molecule has 8 rings (SSSR count). The molecule has 336 valence electrons. The predicted molar refractivity (Wildman–Crippen MR) is 222 cm³/mol. The van der Waals surface area contributed by atoms with E-state index in [4.69, 9.17) is 38.0 Å². The zero-order chi connectivity index (χ0) is 43.7. The van der Waals surface area contributed by atoms with Gasteiger partial charge in [-0.3, -0.25) is 19.0 Å². The van der Waals surface area contributed by atoms with E-state index in [0.717, 1.165) is 113 Å². The van der Waals surface area contributed by atoms with Gasteiger partial charge in [0.25, 0.3) is 11.8 Å². The molecule has 0 radical (unpaired) electrons. The Morgan fingerprint density at radius 3 is 1.66 bits per heavy atom. The van der Waals surface area contributed by atoms with Gasteiger partial charge in [0.05, 0.1) is 30.8 Å². The summed E-state index contributed by atoms with van der Waals surface area (Å²) in [5.74, 6) is -0.0405. The highest BCUT2D eigenvalue weighted by Gasteiger charge is 2.41. The molecular formula is C44H60N8O10. The maximum absolute atomic E-state index is 12.8. The van der Waals surface area contributed by atoms with Crippen LogP contribution in [0, 0.1) is 24.7 Å². The van der Waals surface area contributed by atoms with Gasteiger partial charge in [0, 0.05) is 77.6 Å². The summed E-state index contributed by atoms with van der Waals surface area (Å²) in [6, 6.07) is 0. The smallest absolute Gasteiger partial charge is 0.375 e. The van der Waals surface area contributed by atoms with E-state index in [-0.39, 0.29) is 34.1 Å². The molecule has 4 aliphatic heterocycles. The topological polar surface area (TPSA) is 217 Å². The van der Waals surface area contributed by atoms with E-state index in [1.807, 2.05) is 23.2 Å². The summed E-state index contributed by atoms with van der Waals surface area (Å²) in [5.41, 5.74) is 5.80. The fourth-order valence-corrected chi connectivity index (χ4v) is 8.91. The minimum absolute atomic E-state index is 0.0317. The van der Waals surface area contributed by atoms with E-state index < -0.39 is 11.9 Å². The third-order valence-corrected chi connectivity index (χ3v) is 12.5. The van der Waals surface area contributed by atoms with Crippen molar-refractivity contribution in [2.45, 2.75) is 118 Å². The van der Waals surface area contributed by atoms with Crippen LogP contribution < -0.4 is 10.6 Å². The molecule has 8 heterocycles. The van der Waals surface area contributed by atoms with Gasteiger partial charge < -0.3 is 38.4 Å². The van der Waals surface area contributed by atoms with E-state index >= 15 is 0 Å². The SMILES string of the molecule is CCn1nc(CCCCOC(=O)c2cnc(C)o2)c2c1C(=O)NCC1(CCOCC1)C2.CCn1nc(CCCCOC(=O)c2coc(C)n2)c2c1C(=O)NCC1(CCOCC1)C2. The second kappa shape index (κ2) is 20.2. The van der Waals surface area contributed by atoms with Crippen LogP contribution >= 0.6 is 0 Å². The normalized spacial score (nSPS) is 17.8. The van der Waals surface area contributed by atoms with Gasteiger partial charge in [-0.1, -0.05) is 0 Å². The molecular weight excluding hydrogens is 801 g/mol. The van der Waals surface area contributed by atoms with Gasteiger partial charge in [-0.15, -0.1) is 0 Å². The largest absolute Gasteiger partial charge is 0.461 e. The zero-order valence-electron chi connectivity index (χ0n) is 36.5. The fourth-order valence-electron chi connectivity index (χ4n) is 8.91. The molecule has 0 bridgehead atoms. The summed E-state index contributed by atoms with van der Waals surface area (Å²) < 4.78 is 35.6. The Morgan fingerprint density at radius 1 is 0.726 bits per heavy atom. The number of carbonyl (C=O) groups is 4. The number of aryl methyl sites for hydroxylation is 6. The monoisotopic (exact) mass is 860 g/mol. The minimum atomic E-state index is -0.497. The van der Waals surface area contributed by atoms with Crippen molar-refractivity contribution in [3.63, 3.8) is 0 Å². The van der Waals surface area contributed by atoms with Gasteiger partial charge in [0.2, 0.25) is 5.76 Å². The van der Waals surface area contributed by atoms with E-state index in [0.29, 0.717) is 75.4 Å². The molecule has 4 aromatic heterocycles. The van der Waals surface area contributed by atoms with Crippen LogP contribution in [0.4, 0.5) is 0 Å².